The van der Waals surface area contributed by atoms with Gasteiger partial charge in [0, 0.05) is 29.6 Å². The Morgan fingerprint density at radius 2 is 1.97 bits per heavy atom. The predicted octanol–water partition coefficient (Wildman–Crippen LogP) is 4.59. The maximum absolute atomic E-state index is 13.2. The SMILES string of the molecule is CC[C@H]1CN(C)[C@H]2Cc3c([nH]c4ccccc34)/C(=N/N=C\c3ccccc3[N+](=O)[O-])C[C@H]1[C@H]2C(=O)OC. The van der Waals surface area contributed by atoms with Crippen molar-refractivity contribution in [2.75, 3.05) is 20.7 Å². The van der Waals surface area contributed by atoms with Crippen LogP contribution in [-0.2, 0) is 16.0 Å². The number of nitro benzene ring substituents is 1. The van der Waals surface area contributed by atoms with Crippen molar-refractivity contribution in [2.45, 2.75) is 32.2 Å². The predicted molar refractivity (Wildman–Crippen MR) is 143 cm³/mol. The van der Waals surface area contributed by atoms with Crippen LogP contribution >= 0.6 is 0 Å². The molecule has 0 saturated carbocycles. The van der Waals surface area contributed by atoms with Gasteiger partial charge in [-0.25, -0.2) is 0 Å². The summed E-state index contributed by atoms with van der Waals surface area (Å²) in [5.41, 5.74) is 4.15. The number of esters is 1. The van der Waals surface area contributed by atoms with Gasteiger partial charge in [-0.1, -0.05) is 43.7 Å². The van der Waals surface area contributed by atoms with Crippen LogP contribution in [0.25, 0.3) is 10.9 Å². The second kappa shape index (κ2) is 10.3. The molecule has 1 fully saturated rings. The lowest BCUT2D eigenvalue weighted by Crippen LogP contribution is -2.56. The molecule has 1 aromatic heterocycles. The Balaban J connectivity index is 1.66. The molecule has 9 nitrogen and oxygen atoms in total. The molecule has 37 heavy (non-hydrogen) atoms. The molecule has 192 valence electrons. The lowest BCUT2D eigenvalue weighted by molar-refractivity contribution is -0.385. The summed E-state index contributed by atoms with van der Waals surface area (Å²) in [5, 5.41) is 21.5. The van der Waals surface area contributed by atoms with Crippen molar-refractivity contribution in [2.24, 2.45) is 28.0 Å². The highest BCUT2D eigenvalue weighted by molar-refractivity contribution is 6.06. The van der Waals surface area contributed by atoms with Gasteiger partial charge in [-0.2, -0.15) is 10.2 Å². The Kier molecular flexibility index (Phi) is 6.88. The maximum Gasteiger partial charge on any atom is 0.310 e. The molecule has 1 aliphatic heterocycles. The molecule has 0 unspecified atom stereocenters. The van der Waals surface area contributed by atoms with Gasteiger partial charge in [-0.15, -0.1) is 0 Å². The third-order valence-corrected chi connectivity index (χ3v) is 8.02. The number of likely N-dealkylation sites (N-methyl/N-ethyl adjacent to an activating group) is 1. The molecule has 5 rings (SSSR count). The second-order valence-electron chi connectivity index (χ2n) is 9.93. The number of aromatic nitrogens is 1. The van der Waals surface area contributed by atoms with Gasteiger partial charge in [0.1, 0.15) is 0 Å². The third kappa shape index (κ3) is 4.55. The molecule has 0 amide bonds. The van der Waals surface area contributed by atoms with Gasteiger partial charge in [0.05, 0.1) is 41.1 Å². The number of rotatable bonds is 5. The number of methoxy groups -OCH3 is 1. The number of nitro groups is 1. The Morgan fingerprint density at radius 1 is 1.22 bits per heavy atom. The summed E-state index contributed by atoms with van der Waals surface area (Å²) in [6.45, 7) is 3.05. The van der Waals surface area contributed by atoms with Crippen LogP contribution in [0.4, 0.5) is 5.69 Å². The lowest BCUT2D eigenvalue weighted by atomic mass is 9.67. The molecule has 4 atom stereocenters. The first kappa shape index (κ1) is 24.8. The minimum absolute atomic E-state index is 0.00947. The van der Waals surface area contributed by atoms with Gasteiger partial charge < -0.3 is 14.6 Å². The van der Waals surface area contributed by atoms with Crippen molar-refractivity contribution >= 4 is 34.5 Å². The zero-order chi connectivity index (χ0) is 26.1. The number of carbonyl (C=O) groups excluding carboxylic acids is 1. The number of nitrogens with zero attached hydrogens (tertiary/aromatic N) is 4. The fraction of sp³-hybridized carbons (Fsp3) is 0.393. The maximum atomic E-state index is 13.2. The van der Waals surface area contributed by atoms with Gasteiger partial charge in [0.2, 0.25) is 0 Å². The largest absolute Gasteiger partial charge is 0.469 e. The Hall–Kier alpha value is -3.85. The van der Waals surface area contributed by atoms with E-state index in [4.69, 9.17) is 4.74 Å². The van der Waals surface area contributed by atoms with Crippen molar-refractivity contribution in [3.63, 3.8) is 0 Å². The van der Waals surface area contributed by atoms with Crippen LogP contribution in [0.3, 0.4) is 0 Å². The molecule has 1 aliphatic carbocycles. The quantitative estimate of drug-likeness (QED) is 0.238. The topological polar surface area (TPSA) is 113 Å². The molecular formula is C28H31N5O4. The summed E-state index contributed by atoms with van der Waals surface area (Å²) < 4.78 is 5.32. The van der Waals surface area contributed by atoms with Crippen LogP contribution in [0, 0.1) is 27.9 Å². The monoisotopic (exact) mass is 501 g/mol. The Morgan fingerprint density at radius 3 is 2.73 bits per heavy atom. The average molecular weight is 502 g/mol. The number of hydrogen-bond donors (Lipinski definition) is 1. The first-order valence-electron chi connectivity index (χ1n) is 12.6. The van der Waals surface area contributed by atoms with Crippen molar-refractivity contribution in [1.82, 2.24) is 9.88 Å². The number of benzene rings is 2. The van der Waals surface area contributed by atoms with Crippen molar-refractivity contribution < 1.29 is 14.5 Å². The Labute approximate surface area is 215 Å². The third-order valence-electron chi connectivity index (χ3n) is 8.02. The average Bonchev–Trinajstić information content (AvgIpc) is 3.26. The van der Waals surface area contributed by atoms with Crippen LogP contribution < -0.4 is 0 Å². The fourth-order valence-electron chi connectivity index (χ4n) is 6.18. The van der Waals surface area contributed by atoms with E-state index in [2.05, 4.69) is 40.1 Å². The number of nitrogens with one attached hydrogen (secondary N) is 1. The zero-order valence-electron chi connectivity index (χ0n) is 21.3. The van der Waals surface area contributed by atoms with Crippen LogP contribution in [0.5, 0.6) is 0 Å². The zero-order valence-corrected chi connectivity index (χ0v) is 21.3. The molecule has 0 spiro atoms. The van der Waals surface area contributed by atoms with Crippen LogP contribution in [0.15, 0.2) is 58.7 Å². The number of likely N-dealkylation sites (tertiary alicyclic amines) is 1. The highest BCUT2D eigenvalue weighted by Crippen LogP contribution is 2.43. The number of carbonyl (C=O) groups is 1. The molecule has 1 N–H and O–H groups in total. The molecule has 2 heterocycles. The number of fused-ring (bicyclic) bond motifs is 5. The normalized spacial score (nSPS) is 25.1. The van der Waals surface area contributed by atoms with E-state index in [-0.39, 0.29) is 29.5 Å². The Bertz CT molecular complexity index is 1390. The highest BCUT2D eigenvalue weighted by atomic mass is 16.6. The van der Waals surface area contributed by atoms with Crippen LogP contribution in [0.1, 0.15) is 36.6 Å². The number of ether oxygens (including phenoxy) is 1. The summed E-state index contributed by atoms with van der Waals surface area (Å²) in [7, 11) is 3.56. The van der Waals surface area contributed by atoms with E-state index < -0.39 is 4.92 Å². The molecule has 2 bridgehead atoms. The lowest BCUT2D eigenvalue weighted by Gasteiger charge is -2.48. The van der Waals surface area contributed by atoms with E-state index in [1.807, 2.05) is 18.2 Å². The van der Waals surface area contributed by atoms with Crippen LogP contribution in [0.2, 0.25) is 0 Å². The molecule has 3 aromatic rings. The summed E-state index contributed by atoms with van der Waals surface area (Å²) >= 11 is 0. The van der Waals surface area contributed by atoms with E-state index in [9.17, 15) is 14.9 Å². The number of piperidine rings is 1. The smallest absolute Gasteiger partial charge is 0.310 e. The number of aromatic amines is 1. The minimum Gasteiger partial charge on any atom is -0.469 e. The van der Waals surface area contributed by atoms with Crippen molar-refractivity contribution in [3.05, 3.63) is 75.5 Å². The molecule has 1 saturated heterocycles. The van der Waals surface area contributed by atoms with E-state index in [0.29, 0.717) is 24.3 Å². The standard InChI is InChI=1S/C28H31N5O4/c1-4-17-16-32(2)25-14-21-19-10-6-7-11-22(19)30-27(21)23(13-20(17)26(25)28(34)37-3)31-29-15-18-9-5-8-12-24(18)33(35)36/h5-12,15,17,20,25-26,30H,4,13-14,16H2,1-3H3/b29-15-,31-23+/t17-,20+,25-,26+/m0/s1. The summed E-state index contributed by atoms with van der Waals surface area (Å²) in [6, 6.07) is 14.6. The van der Waals surface area contributed by atoms with E-state index >= 15 is 0 Å². The van der Waals surface area contributed by atoms with E-state index in [1.54, 1.807) is 18.2 Å². The number of hydrogen-bond acceptors (Lipinski definition) is 7. The van der Waals surface area contributed by atoms with Crippen molar-refractivity contribution in [1.29, 1.82) is 0 Å². The van der Waals surface area contributed by atoms with Crippen molar-refractivity contribution in [3.8, 4) is 0 Å². The molecule has 2 aliphatic rings. The summed E-state index contributed by atoms with van der Waals surface area (Å²) in [4.78, 5) is 30.1. The first-order valence-corrected chi connectivity index (χ1v) is 12.6. The second-order valence-corrected chi connectivity index (χ2v) is 9.93. The van der Waals surface area contributed by atoms with Gasteiger partial charge >= 0.3 is 5.97 Å². The van der Waals surface area contributed by atoms with Crippen LogP contribution in [-0.4, -0.2) is 59.4 Å². The number of H-pyrrole nitrogens is 1. The van der Waals surface area contributed by atoms with Gasteiger partial charge in [0.25, 0.3) is 5.69 Å². The highest BCUT2D eigenvalue weighted by Gasteiger charge is 2.48. The molecule has 0 radical (unpaired) electrons. The van der Waals surface area contributed by atoms with E-state index in [1.165, 1.54) is 19.4 Å². The summed E-state index contributed by atoms with van der Waals surface area (Å²) in [6.07, 6.45) is 3.59. The van der Waals surface area contributed by atoms with E-state index in [0.717, 1.165) is 40.8 Å². The summed E-state index contributed by atoms with van der Waals surface area (Å²) in [5.74, 6) is -0.148. The number of para-hydroxylation sites is 2. The fourth-order valence-corrected chi connectivity index (χ4v) is 6.18. The first-order chi connectivity index (χ1) is 17.9. The van der Waals surface area contributed by atoms with Gasteiger partial charge in [0.15, 0.2) is 0 Å². The molecule has 2 aromatic carbocycles. The minimum atomic E-state index is -0.425. The van der Waals surface area contributed by atoms with Gasteiger partial charge in [-0.3, -0.25) is 14.9 Å². The molecular weight excluding hydrogens is 470 g/mol. The van der Waals surface area contributed by atoms with Gasteiger partial charge in [-0.05, 0) is 49.4 Å². The molecule has 9 heteroatoms.